The van der Waals surface area contributed by atoms with Gasteiger partial charge in [-0.2, -0.15) is 0 Å². The Bertz CT molecular complexity index is 142. The Kier molecular flexibility index (Phi) is 1.74. The van der Waals surface area contributed by atoms with E-state index in [0.717, 1.165) is 17.3 Å². The molecule has 2 unspecified atom stereocenters. The van der Waals surface area contributed by atoms with E-state index >= 15 is 0 Å². The van der Waals surface area contributed by atoms with Crippen LogP contribution >= 0.6 is 0 Å². The molecule has 64 valence electrons. The molecule has 0 aromatic rings. The second-order valence-corrected chi connectivity index (χ2v) is 4.86. The topological polar surface area (TPSA) is 0 Å². The maximum absolute atomic E-state index is 2.52. The maximum Gasteiger partial charge on any atom is -0.0295 e. The van der Waals surface area contributed by atoms with Gasteiger partial charge in [-0.05, 0) is 42.9 Å². The zero-order valence-electron chi connectivity index (χ0n) is 7.90. The largest absolute Gasteiger partial charge is 0.0651 e. The molecule has 0 N–H and O–H groups in total. The minimum atomic E-state index is 0.791. The molecule has 2 atom stereocenters. The fourth-order valence-electron chi connectivity index (χ4n) is 3.08. The van der Waals surface area contributed by atoms with Crippen molar-refractivity contribution in [2.75, 3.05) is 0 Å². The first-order valence-electron chi connectivity index (χ1n) is 5.26. The first-order chi connectivity index (χ1) is 5.26. The normalized spacial score (nSPS) is 40.9. The number of hydrogen-bond acceptors (Lipinski definition) is 0. The van der Waals surface area contributed by atoms with Crippen LogP contribution in [0.4, 0.5) is 0 Å². The Morgan fingerprint density at radius 3 is 2.27 bits per heavy atom. The maximum atomic E-state index is 2.52. The lowest BCUT2D eigenvalue weighted by Crippen LogP contribution is -2.43. The average Bonchev–Trinajstić information content (AvgIpc) is 1.83. The molecule has 0 saturated heterocycles. The van der Waals surface area contributed by atoms with Crippen LogP contribution in [0.15, 0.2) is 0 Å². The fourth-order valence-corrected chi connectivity index (χ4v) is 3.08. The molecule has 2 aliphatic rings. The van der Waals surface area contributed by atoms with E-state index in [1.165, 1.54) is 38.5 Å². The summed E-state index contributed by atoms with van der Waals surface area (Å²) in [6.45, 7) is 4.88. The van der Waals surface area contributed by atoms with Crippen LogP contribution in [0.5, 0.6) is 0 Å². The van der Waals surface area contributed by atoms with E-state index in [-0.39, 0.29) is 0 Å². The van der Waals surface area contributed by atoms with Gasteiger partial charge in [0.05, 0.1) is 0 Å². The quantitative estimate of drug-likeness (QED) is 0.567. The van der Waals surface area contributed by atoms with Crippen molar-refractivity contribution in [3.05, 3.63) is 0 Å². The highest BCUT2D eigenvalue weighted by Gasteiger charge is 2.46. The molecule has 0 amide bonds. The molecule has 0 heterocycles. The van der Waals surface area contributed by atoms with Crippen LogP contribution in [0.2, 0.25) is 0 Å². The fraction of sp³-hybridized carbons (Fsp3) is 1.00. The van der Waals surface area contributed by atoms with E-state index in [9.17, 15) is 0 Å². The highest BCUT2D eigenvalue weighted by Crippen LogP contribution is 2.57. The Morgan fingerprint density at radius 2 is 2.00 bits per heavy atom. The molecule has 2 saturated carbocycles. The third kappa shape index (κ3) is 1.02. The lowest BCUT2D eigenvalue weighted by molar-refractivity contribution is -0.0303. The van der Waals surface area contributed by atoms with Gasteiger partial charge < -0.3 is 0 Å². The van der Waals surface area contributed by atoms with Crippen LogP contribution in [-0.4, -0.2) is 0 Å². The molecule has 0 aromatic heterocycles. The van der Waals surface area contributed by atoms with Gasteiger partial charge in [-0.3, -0.25) is 0 Å². The zero-order valence-corrected chi connectivity index (χ0v) is 7.90. The summed E-state index contributed by atoms with van der Waals surface area (Å²) in [5, 5.41) is 0. The zero-order chi connectivity index (χ0) is 7.90. The van der Waals surface area contributed by atoms with Crippen LogP contribution in [0.3, 0.4) is 0 Å². The van der Waals surface area contributed by atoms with Crippen LogP contribution in [0.1, 0.15) is 52.4 Å². The third-order valence-electron chi connectivity index (χ3n) is 4.33. The van der Waals surface area contributed by atoms with E-state index in [4.69, 9.17) is 0 Å². The van der Waals surface area contributed by atoms with E-state index in [2.05, 4.69) is 13.8 Å². The molecule has 0 aromatic carbocycles. The predicted octanol–water partition coefficient (Wildman–Crippen LogP) is 3.61. The monoisotopic (exact) mass is 152 g/mol. The first kappa shape index (κ1) is 7.64. The van der Waals surface area contributed by atoms with Crippen molar-refractivity contribution in [1.82, 2.24) is 0 Å². The van der Waals surface area contributed by atoms with Gasteiger partial charge in [-0.15, -0.1) is 0 Å². The van der Waals surface area contributed by atoms with Gasteiger partial charge >= 0.3 is 0 Å². The van der Waals surface area contributed by atoms with Crippen molar-refractivity contribution in [1.29, 1.82) is 0 Å². The highest BCUT2D eigenvalue weighted by atomic mass is 14.5. The average molecular weight is 152 g/mol. The van der Waals surface area contributed by atoms with Crippen molar-refractivity contribution >= 4 is 0 Å². The van der Waals surface area contributed by atoms with Gasteiger partial charge in [0.15, 0.2) is 0 Å². The standard InChI is InChI=1S/C11H20/c1-3-9-5-6-10(9)11(2)7-4-8-11/h9-10H,3-8H2,1-2H3. The summed E-state index contributed by atoms with van der Waals surface area (Å²) in [6.07, 6.45) is 9.04. The summed E-state index contributed by atoms with van der Waals surface area (Å²) in [7, 11) is 0. The molecule has 0 radical (unpaired) electrons. The van der Waals surface area contributed by atoms with E-state index in [1.54, 1.807) is 0 Å². The van der Waals surface area contributed by atoms with Gasteiger partial charge in [-0.25, -0.2) is 0 Å². The summed E-state index contributed by atoms with van der Waals surface area (Å²) >= 11 is 0. The van der Waals surface area contributed by atoms with E-state index < -0.39 is 0 Å². The lowest BCUT2D eigenvalue weighted by Gasteiger charge is -2.53. The van der Waals surface area contributed by atoms with Crippen LogP contribution < -0.4 is 0 Å². The van der Waals surface area contributed by atoms with Crippen molar-refractivity contribution in [2.45, 2.75) is 52.4 Å². The van der Waals surface area contributed by atoms with Crippen LogP contribution in [-0.2, 0) is 0 Å². The molecular formula is C11H20. The Morgan fingerprint density at radius 1 is 1.27 bits per heavy atom. The summed E-state index contributed by atoms with van der Waals surface area (Å²) in [4.78, 5) is 0. The minimum absolute atomic E-state index is 0.791. The van der Waals surface area contributed by atoms with Crippen LogP contribution in [0, 0.1) is 17.3 Å². The van der Waals surface area contributed by atoms with Crippen LogP contribution in [0.25, 0.3) is 0 Å². The molecule has 2 aliphatic carbocycles. The van der Waals surface area contributed by atoms with Gasteiger partial charge in [0, 0.05) is 0 Å². The second kappa shape index (κ2) is 2.50. The SMILES string of the molecule is CCC1CCC1C1(C)CCC1. The lowest BCUT2D eigenvalue weighted by atomic mass is 9.52. The minimum Gasteiger partial charge on any atom is -0.0651 e. The second-order valence-electron chi connectivity index (χ2n) is 4.86. The summed E-state index contributed by atoms with van der Waals surface area (Å²) in [6, 6.07) is 0. The van der Waals surface area contributed by atoms with Gasteiger partial charge in [-0.1, -0.05) is 26.7 Å². The summed E-state index contributed by atoms with van der Waals surface area (Å²) < 4.78 is 0. The van der Waals surface area contributed by atoms with E-state index in [1.807, 2.05) is 0 Å². The summed E-state index contributed by atoms with van der Waals surface area (Å²) in [5.74, 6) is 2.21. The number of rotatable bonds is 2. The van der Waals surface area contributed by atoms with Crippen molar-refractivity contribution in [3.63, 3.8) is 0 Å². The number of hydrogen-bond donors (Lipinski definition) is 0. The molecule has 0 heteroatoms. The molecule has 2 fully saturated rings. The predicted molar refractivity (Wildman–Crippen MR) is 48.5 cm³/mol. The Balaban J connectivity index is 1.94. The van der Waals surface area contributed by atoms with E-state index in [0.29, 0.717) is 0 Å². The molecule has 0 aliphatic heterocycles. The Hall–Kier alpha value is 0. The molecule has 0 bridgehead atoms. The first-order valence-corrected chi connectivity index (χ1v) is 5.26. The molecule has 0 nitrogen and oxygen atoms in total. The van der Waals surface area contributed by atoms with Crippen molar-refractivity contribution in [3.8, 4) is 0 Å². The molecule has 0 spiro atoms. The van der Waals surface area contributed by atoms with Gasteiger partial charge in [0.1, 0.15) is 0 Å². The van der Waals surface area contributed by atoms with Crippen molar-refractivity contribution in [2.24, 2.45) is 17.3 Å². The smallest absolute Gasteiger partial charge is 0.0295 e. The van der Waals surface area contributed by atoms with Crippen molar-refractivity contribution < 1.29 is 0 Å². The highest BCUT2D eigenvalue weighted by molar-refractivity contribution is 4.96. The Labute approximate surface area is 70.4 Å². The summed E-state index contributed by atoms with van der Waals surface area (Å²) in [5.41, 5.74) is 0.791. The third-order valence-corrected chi connectivity index (χ3v) is 4.33. The molecule has 2 rings (SSSR count). The van der Waals surface area contributed by atoms with Gasteiger partial charge in [0.2, 0.25) is 0 Å². The molecular weight excluding hydrogens is 132 g/mol. The van der Waals surface area contributed by atoms with Gasteiger partial charge in [0.25, 0.3) is 0 Å². The molecule has 11 heavy (non-hydrogen) atoms.